The number of nitro benzene ring substituents is 1. The molecule has 0 aliphatic carbocycles. The predicted octanol–water partition coefficient (Wildman–Crippen LogP) is 2.35. The fourth-order valence-electron chi connectivity index (χ4n) is 3.14. The molecule has 0 bridgehead atoms. The van der Waals surface area contributed by atoms with Gasteiger partial charge in [0.25, 0.3) is 11.6 Å². The van der Waals surface area contributed by atoms with Crippen molar-refractivity contribution in [1.82, 2.24) is 4.90 Å². The smallest absolute Gasteiger partial charge is 0.338 e. The van der Waals surface area contributed by atoms with E-state index in [1.807, 2.05) is 12.1 Å². The van der Waals surface area contributed by atoms with E-state index in [4.69, 9.17) is 14.2 Å². The van der Waals surface area contributed by atoms with Crippen molar-refractivity contribution in [2.24, 2.45) is 0 Å². The highest BCUT2D eigenvalue weighted by atomic mass is 16.6. The summed E-state index contributed by atoms with van der Waals surface area (Å²) in [5.74, 6) is 0.0876. The second kappa shape index (κ2) is 8.59. The number of methoxy groups -OCH3 is 2. The van der Waals surface area contributed by atoms with Gasteiger partial charge in [-0.15, -0.1) is 0 Å². The number of fused-ring (bicyclic) bond motifs is 1. The van der Waals surface area contributed by atoms with Gasteiger partial charge in [-0.1, -0.05) is 6.07 Å². The van der Waals surface area contributed by atoms with Gasteiger partial charge in [0.1, 0.15) is 0 Å². The maximum Gasteiger partial charge on any atom is 0.338 e. The van der Waals surface area contributed by atoms with Crippen LogP contribution < -0.4 is 9.47 Å². The molecular weight excluding hydrogens is 380 g/mol. The predicted molar refractivity (Wildman–Crippen MR) is 102 cm³/mol. The second-order valence-corrected chi connectivity index (χ2v) is 6.42. The van der Waals surface area contributed by atoms with Crippen LogP contribution in [0.4, 0.5) is 5.69 Å². The molecule has 0 aromatic heterocycles. The lowest BCUT2D eigenvalue weighted by molar-refractivity contribution is -0.384. The quantitative estimate of drug-likeness (QED) is 0.416. The summed E-state index contributed by atoms with van der Waals surface area (Å²) in [6.45, 7) is 0.405. The van der Waals surface area contributed by atoms with Crippen molar-refractivity contribution in [3.05, 3.63) is 63.2 Å². The van der Waals surface area contributed by atoms with Crippen LogP contribution in [0.5, 0.6) is 11.5 Å². The highest BCUT2D eigenvalue weighted by Gasteiger charge is 2.24. The van der Waals surface area contributed by atoms with Crippen LogP contribution in [0.1, 0.15) is 21.5 Å². The van der Waals surface area contributed by atoms with Crippen LogP contribution in [0.15, 0.2) is 36.4 Å². The Hall–Kier alpha value is -3.62. The Morgan fingerprint density at radius 3 is 2.45 bits per heavy atom. The first kappa shape index (κ1) is 20.1. The average molecular weight is 400 g/mol. The average Bonchev–Trinajstić information content (AvgIpc) is 2.75. The minimum absolute atomic E-state index is 0.0211. The van der Waals surface area contributed by atoms with Crippen LogP contribution in [0, 0.1) is 10.1 Å². The third kappa shape index (κ3) is 4.45. The minimum atomic E-state index is -0.786. The zero-order chi connectivity index (χ0) is 21.0. The Morgan fingerprint density at radius 1 is 1.10 bits per heavy atom. The molecule has 1 aliphatic heterocycles. The van der Waals surface area contributed by atoms with Gasteiger partial charge in [0.2, 0.25) is 0 Å². The number of amides is 1. The summed E-state index contributed by atoms with van der Waals surface area (Å²) in [5.41, 5.74) is 1.81. The molecule has 9 heteroatoms. The third-order valence-corrected chi connectivity index (χ3v) is 4.69. The van der Waals surface area contributed by atoms with E-state index in [0.717, 1.165) is 17.2 Å². The summed E-state index contributed by atoms with van der Waals surface area (Å²) in [7, 11) is 3.11. The molecule has 9 nitrogen and oxygen atoms in total. The van der Waals surface area contributed by atoms with Crippen molar-refractivity contribution in [3.63, 3.8) is 0 Å². The van der Waals surface area contributed by atoms with E-state index in [9.17, 15) is 19.7 Å². The van der Waals surface area contributed by atoms with Gasteiger partial charge >= 0.3 is 5.97 Å². The van der Waals surface area contributed by atoms with E-state index in [0.29, 0.717) is 31.0 Å². The number of esters is 1. The van der Waals surface area contributed by atoms with Crippen molar-refractivity contribution in [2.75, 3.05) is 27.4 Å². The third-order valence-electron chi connectivity index (χ3n) is 4.69. The summed E-state index contributed by atoms with van der Waals surface area (Å²) in [6.07, 6.45) is 0.639. The number of carbonyl (C=O) groups excluding carboxylic acids is 2. The van der Waals surface area contributed by atoms with Crippen LogP contribution in [0.25, 0.3) is 0 Å². The van der Waals surface area contributed by atoms with E-state index in [-0.39, 0.29) is 17.2 Å². The standard InChI is InChI=1S/C20H20N2O7/c1-27-17-9-13-6-7-21(11-15(13)10-18(17)28-2)19(23)12-29-20(24)14-4-3-5-16(8-14)22(25)26/h3-5,8-10H,6-7,11-12H2,1-2H3. The van der Waals surface area contributed by atoms with Gasteiger partial charge in [0, 0.05) is 25.2 Å². The van der Waals surface area contributed by atoms with E-state index >= 15 is 0 Å². The van der Waals surface area contributed by atoms with Crippen molar-refractivity contribution < 1.29 is 28.7 Å². The summed E-state index contributed by atoms with van der Waals surface area (Å²) >= 11 is 0. The Labute approximate surface area is 166 Å². The molecule has 2 aromatic rings. The molecule has 0 fully saturated rings. The molecule has 3 rings (SSSR count). The zero-order valence-electron chi connectivity index (χ0n) is 16.0. The number of ether oxygens (including phenoxy) is 3. The molecule has 1 aliphatic rings. The molecule has 0 atom stereocenters. The number of hydrogen-bond donors (Lipinski definition) is 0. The Kier molecular flexibility index (Phi) is 5.96. The van der Waals surface area contributed by atoms with E-state index in [1.54, 1.807) is 19.1 Å². The lowest BCUT2D eigenvalue weighted by Crippen LogP contribution is -2.38. The Balaban J connectivity index is 1.63. The molecule has 0 saturated heterocycles. The van der Waals surface area contributed by atoms with Crippen molar-refractivity contribution >= 4 is 17.6 Å². The van der Waals surface area contributed by atoms with Crippen molar-refractivity contribution in [2.45, 2.75) is 13.0 Å². The van der Waals surface area contributed by atoms with Crippen LogP contribution >= 0.6 is 0 Å². The van der Waals surface area contributed by atoms with Gasteiger partial charge in [0.05, 0.1) is 24.7 Å². The van der Waals surface area contributed by atoms with E-state index in [1.165, 1.54) is 18.2 Å². The first-order valence-corrected chi connectivity index (χ1v) is 8.86. The highest BCUT2D eigenvalue weighted by molar-refractivity contribution is 5.92. The van der Waals surface area contributed by atoms with Gasteiger partial charge in [-0.2, -0.15) is 0 Å². The van der Waals surface area contributed by atoms with Gasteiger partial charge < -0.3 is 19.1 Å². The summed E-state index contributed by atoms with van der Waals surface area (Å²) in [6, 6.07) is 8.91. The number of benzene rings is 2. The first-order valence-electron chi connectivity index (χ1n) is 8.86. The maximum absolute atomic E-state index is 12.5. The number of carbonyl (C=O) groups is 2. The summed E-state index contributed by atoms with van der Waals surface area (Å²) < 4.78 is 15.7. The van der Waals surface area contributed by atoms with E-state index in [2.05, 4.69) is 0 Å². The van der Waals surface area contributed by atoms with Crippen LogP contribution in [0.3, 0.4) is 0 Å². The number of nitrogens with zero attached hydrogens (tertiary/aromatic N) is 2. The summed E-state index contributed by atoms with van der Waals surface area (Å²) in [5, 5.41) is 10.8. The number of non-ortho nitro benzene ring substituents is 1. The van der Waals surface area contributed by atoms with Crippen LogP contribution in [-0.4, -0.2) is 49.1 Å². The van der Waals surface area contributed by atoms with Crippen molar-refractivity contribution in [3.8, 4) is 11.5 Å². The fraction of sp³-hybridized carbons (Fsp3) is 0.300. The number of rotatable bonds is 6. The van der Waals surface area contributed by atoms with Gasteiger partial charge in [-0.3, -0.25) is 14.9 Å². The van der Waals surface area contributed by atoms with Gasteiger partial charge in [-0.05, 0) is 35.7 Å². The molecule has 0 unspecified atom stereocenters. The Bertz CT molecular complexity index is 958. The first-order chi connectivity index (χ1) is 13.9. The van der Waals surface area contributed by atoms with Gasteiger partial charge in [-0.25, -0.2) is 4.79 Å². The molecule has 0 saturated carbocycles. The lowest BCUT2D eigenvalue weighted by atomic mass is 9.99. The maximum atomic E-state index is 12.5. The molecule has 1 amide bonds. The molecule has 0 N–H and O–H groups in total. The zero-order valence-corrected chi connectivity index (χ0v) is 16.0. The lowest BCUT2D eigenvalue weighted by Gasteiger charge is -2.29. The molecule has 29 heavy (non-hydrogen) atoms. The molecular formula is C20H20N2O7. The largest absolute Gasteiger partial charge is 0.493 e. The Morgan fingerprint density at radius 2 is 1.79 bits per heavy atom. The van der Waals surface area contributed by atoms with Crippen LogP contribution in [0.2, 0.25) is 0 Å². The molecule has 1 heterocycles. The van der Waals surface area contributed by atoms with Crippen LogP contribution in [-0.2, 0) is 22.5 Å². The monoisotopic (exact) mass is 400 g/mol. The SMILES string of the molecule is COc1cc2c(cc1OC)CN(C(=O)COC(=O)c1cccc([N+](=O)[O-])c1)CC2. The number of nitro groups is 1. The molecule has 0 spiro atoms. The second-order valence-electron chi connectivity index (χ2n) is 6.42. The normalized spacial score (nSPS) is 12.7. The topological polar surface area (TPSA) is 108 Å². The van der Waals surface area contributed by atoms with E-state index < -0.39 is 17.5 Å². The van der Waals surface area contributed by atoms with Crippen molar-refractivity contribution in [1.29, 1.82) is 0 Å². The molecule has 2 aromatic carbocycles. The molecule has 0 radical (unpaired) electrons. The number of hydrogen-bond acceptors (Lipinski definition) is 7. The summed E-state index contributed by atoms with van der Waals surface area (Å²) in [4.78, 5) is 36.4. The molecule has 152 valence electrons. The van der Waals surface area contributed by atoms with Gasteiger partial charge in [0.15, 0.2) is 18.1 Å². The highest BCUT2D eigenvalue weighted by Crippen LogP contribution is 2.33. The fourth-order valence-corrected chi connectivity index (χ4v) is 3.14. The minimum Gasteiger partial charge on any atom is -0.493 e.